The van der Waals surface area contributed by atoms with Crippen LogP contribution in [0.15, 0.2) is 42.6 Å². The van der Waals surface area contributed by atoms with E-state index in [1.54, 1.807) is 12.3 Å². The highest BCUT2D eigenvalue weighted by Crippen LogP contribution is 2.22. The molecule has 5 heteroatoms. The average Bonchev–Trinajstić information content (AvgIpc) is 2.39. The molecule has 1 aromatic heterocycles. The number of nitrogens with zero attached hydrogens (tertiary/aromatic N) is 1. The molecule has 0 spiro atoms. The van der Waals surface area contributed by atoms with Gasteiger partial charge in [-0.05, 0) is 30.3 Å². The lowest BCUT2D eigenvalue weighted by molar-refractivity contribution is 0.0697. The molecule has 0 saturated heterocycles. The zero-order chi connectivity index (χ0) is 13.7. The lowest BCUT2D eigenvalue weighted by atomic mass is 10.2. The molecule has 0 aliphatic rings. The molecule has 0 bridgehead atoms. The molecule has 0 unspecified atom stereocenters. The molecule has 4 nitrogen and oxygen atoms in total. The molecule has 0 aliphatic heterocycles. The third kappa shape index (κ3) is 3.69. The Morgan fingerprint density at radius 3 is 2.79 bits per heavy atom. The Labute approximate surface area is 115 Å². The zero-order valence-corrected chi connectivity index (χ0v) is 10.8. The van der Waals surface area contributed by atoms with Crippen LogP contribution in [0.2, 0.25) is 5.02 Å². The Morgan fingerprint density at radius 2 is 2.16 bits per heavy atom. The molecular formula is C14H12ClNO3. The van der Waals surface area contributed by atoms with Crippen LogP contribution in [0.25, 0.3) is 0 Å². The van der Waals surface area contributed by atoms with Gasteiger partial charge in [-0.15, -0.1) is 0 Å². The highest BCUT2D eigenvalue weighted by Gasteiger charge is 2.09. The molecule has 0 aliphatic carbocycles. The van der Waals surface area contributed by atoms with Gasteiger partial charge in [0.15, 0.2) is 0 Å². The summed E-state index contributed by atoms with van der Waals surface area (Å²) in [6.45, 7) is 0.458. The average molecular weight is 278 g/mol. The minimum absolute atomic E-state index is 0.0683. The van der Waals surface area contributed by atoms with Crippen molar-refractivity contribution in [1.29, 1.82) is 0 Å². The van der Waals surface area contributed by atoms with Crippen LogP contribution in [0.1, 0.15) is 16.1 Å². The molecule has 2 aromatic rings. The molecule has 0 saturated carbocycles. The van der Waals surface area contributed by atoms with E-state index < -0.39 is 5.97 Å². The summed E-state index contributed by atoms with van der Waals surface area (Å²) in [5, 5.41) is 9.02. The first-order valence-corrected chi connectivity index (χ1v) is 6.10. The monoisotopic (exact) mass is 277 g/mol. The van der Waals surface area contributed by atoms with Crippen LogP contribution in [0.4, 0.5) is 0 Å². The van der Waals surface area contributed by atoms with Gasteiger partial charge < -0.3 is 9.84 Å². The van der Waals surface area contributed by atoms with E-state index in [4.69, 9.17) is 21.4 Å². The second-order valence-corrected chi connectivity index (χ2v) is 4.27. The first-order chi connectivity index (χ1) is 9.16. The maximum atomic E-state index is 10.8. The lowest BCUT2D eigenvalue weighted by Crippen LogP contribution is -2.03. The minimum Gasteiger partial charge on any atom is -0.493 e. The number of carbonyl (C=O) groups is 1. The fraction of sp³-hybridized carbons (Fsp3) is 0.143. The number of halogens is 1. The van der Waals surface area contributed by atoms with Gasteiger partial charge >= 0.3 is 5.97 Å². The second-order valence-electron chi connectivity index (χ2n) is 3.87. The first kappa shape index (κ1) is 13.4. The molecule has 1 N–H and O–H groups in total. The molecule has 98 valence electrons. The van der Waals surface area contributed by atoms with Gasteiger partial charge in [-0.1, -0.05) is 17.7 Å². The summed E-state index contributed by atoms with van der Waals surface area (Å²) in [7, 11) is 0. The molecule has 2 rings (SSSR count). The second kappa shape index (κ2) is 6.20. The summed E-state index contributed by atoms with van der Waals surface area (Å²) in [6.07, 6.45) is 2.41. The Bertz CT molecular complexity index is 572. The van der Waals surface area contributed by atoms with Crippen LogP contribution in [-0.2, 0) is 6.42 Å². The number of benzene rings is 1. The van der Waals surface area contributed by atoms with Gasteiger partial charge in [0.2, 0.25) is 0 Å². The number of aromatic nitrogens is 1. The van der Waals surface area contributed by atoms with Crippen LogP contribution in [0, 0.1) is 0 Å². The third-order valence-electron chi connectivity index (χ3n) is 2.52. The van der Waals surface area contributed by atoms with Crippen molar-refractivity contribution in [2.75, 3.05) is 6.61 Å². The number of aromatic carboxylic acids is 1. The van der Waals surface area contributed by atoms with Gasteiger partial charge in [0.05, 0.1) is 17.2 Å². The number of carboxylic acid groups (broad SMARTS) is 1. The van der Waals surface area contributed by atoms with Gasteiger partial charge in [-0.2, -0.15) is 0 Å². The van der Waals surface area contributed by atoms with Crippen LogP contribution in [-0.4, -0.2) is 22.7 Å². The Morgan fingerprint density at radius 1 is 1.32 bits per heavy atom. The number of hydrogen-bond donors (Lipinski definition) is 1. The fourth-order valence-electron chi connectivity index (χ4n) is 1.58. The van der Waals surface area contributed by atoms with Crippen molar-refractivity contribution in [3.8, 4) is 5.75 Å². The Hall–Kier alpha value is -2.07. The number of hydrogen-bond acceptors (Lipinski definition) is 3. The first-order valence-electron chi connectivity index (χ1n) is 5.72. The van der Waals surface area contributed by atoms with Crippen LogP contribution in [0.3, 0.4) is 0 Å². The molecule has 0 radical (unpaired) electrons. The van der Waals surface area contributed by atoms with Crippen LogP contribution >= 0.6 is 11.6 Å². The number of ether oxygens (including phenoxy) is 1. The van der Waals surface area contributed by atoms with Crippen molar-refractivity contribution < 1.29 is 14.6 Å². The summed E-state index contributed by atoms with van der Waals surface area (Å²) in [5.74, 6) is -0.504. The van der Waals surface area contributed by atoms with Crippen LogP contribution < -0.4 is 4.74 Å². The van der Waals surface area contributed by atoms with Crippen molar-refractivity contribution in [1.82, 2.24) is 4.98 Å². The fourth-order valence-corrected chi connectivity index (χ4v) is 1.83. The standard InChI is InChI=1S/C14H12ClNO3/c15-13-9-11(4-5-12(13)14(17)18)19-8-6-10-3-1-2-7-16-10/h1-5,7,9H,6,8H2,(H,17,18). The maximum absolute atomic E-state index is 10.8. The van der Waals surface area contributed by atoms with Crippen molar-refractivity contribution in [2.24, 2.45) is 0 Å². The largest absolute Gasteiger partial charge is 0.493 e. The van der Waals surface area contributed by atoms with E-state index in [1.165, 1.54) is 12.1 Å². The topological polar surface area (TPSA) is 59.4 Å². The molecule has 0 atom stereocenters. The minimum atomic E-state index is -1.05. The molecular weight excluding hydrogens is 266 g/mol. The van der Waals surface area contributed by atoms with E-state index in [1.807, 2.05) is 18.2 Å². The van der Waals surface area contributed by atoms with Crippen LogP contribution in [0.5, 0.6) is 5.75 Å². The van der Waals surface area contributed by atoms with E-state index in [0.717, 1.165) is 5.69 Å². The van der Waals surface area contributed by atoms with Crippen molar-refractivity contribution in [3.63, 3.8) is 0 Å². The summed E-state index contributed by atoms with van der Waals surface area (Å²) >= 11 is 5.85. The summed E-state index contributed by atoms with van der Waals surface area (Å²) in [5.41, 5.74) is 1.01. The summed E-state index contributed by atoms with van der Waals surface area (Å²) in [4.78, 5) is 15.0. The van der Waals surface area contributed by atoms with E-state index in [2.05, 4.69) is 4.98 Å². The zero-order valence-electron chi connectivity index (χ0n) is 10.0. The number of pyridine rings is 1. The van der Waals surface area contributed by atoms with Crippen molar-refractivity contribution >= 4 is 17.6 Å². The Kier molecular flexibility index (Phi) is 4.36. The predicted octanol–water partition coefficient (Wildman–Crippen LogP) is 3.05. The molecule has 19 heavy (non-hydrogen) atoms. The van der Waals surface area contributed by atoms with Gasteiger partial charge in [-0.25, -0.2) is 4.79 Å². The van der Waals surface area contributed by atoms with Gasteiger partial charge in [0, 0.05) is 18.3 Å². The van der Waals surface area contributed by atoms with Gasteiger partial charge in [0.25, 0.3) is 0 Å². The smallest absolute Gasteiger partial charge is 0.337 e. The maximum Gasteiger partial charge on any atom is 0.337 e. The SMILES string of the molecule is O=C(O)c1ccc(OCCc2ccccn2)cc1Cl. The van der Waals surface area contributed by atoms with E-state index in [-0.39, 0.29) is 10.6 Å². The summed E-state index contributed by atoms with van der Waals surface area (Å²) < 4.78 is 5.51. The number of carboxylic acids is 1. The lowest BCUT2D eigenvalue weighted by Gasteiger charge is -2.07. The van der Waals surface area contributed by atoms with E-state index in [0.29, 0.717) is 18.8 Å². The van der Waals surface area contributed by atoms with E-state index in [9.17, 15) is 4.79 Å². The predicted molar refractivity (Wildman–Crippen MR) is 71.8 cm³/mol. The number of rotatable bonds is 5. The highest BCUT2D eigenvalue weighted by molar-refractivity contribution is 6.33. The summed E-state index contributed by atoms with van der Waals surface area (Å²) in [6, 6.07) is 10.2. The van der Waals surface area contributed by atoms with Gasteiger partial charge in [0.1, 0.15) is 5.75 Å². The van der Waals surface area contributed by atoms with E-state index >= 15 is 0 Å². The molecule has 0 amide bonds. The highest BCUT2D eigenvalue weighted by atomic mass is 35.5. The molecule has 1 aromatic carbocycles. The quantitative estimate of drug-likeness (QED) is 0.912. The van der Waals surface area contributed by atoms with Crippen molar-refractivity contribution in [3.05, 3.63) is 58.9 Å². The van der Waals surface area contributed by atoms with Crippen molar-refractivity contribution in [2.45, 2.75) is 6.42 Å². The molecule has 0 fully saturated rings. The Balaban J connectivity index is 1.93. The van der Waals surface area contributed by atoms with Gasteiger partial charge in [-0.3, -0.25) is 4.98 Å². The molecule has 1 heterocycles. The third-order valence-corrected chi connectivity index (χ3v) is 2.84. The normalized spacial score (nSPS) is 10.2.